The predicted molar refractivity (Wildman–Crippen MR) is 119 cm³/mol. The Labute approximate surface area is 190 Å². The summed E-state index contributed by atoms with van der Waals surface area (Å²) in [6.07, 6.45) is 1.22. The highest BCUT2D eigenvalue weighted by atomic mass is 35.5. The summed E-state index contributed by atoms with van der Waals surface area (Å²) in [6.45, 7) is 4.46. The maximum atomic E-state index is 13.2. The number of hydrogen-bond donors (Lipinski definition) is 2. The molecule has 1 heterocycles. The van der Waals surface area contributed by atoms with Gasteiger partial charge in [-0.05, 0) is 69.2 Å². The summed E-state index contributed by atoms with van der Waals surface area (Å²) < 4.78 is 19.1. The van der Waals surface area contributed by atoms with Crippen molar-refractivity contribution < 1.29 is 18.7 Å². The smallest absolute Gasteiger partial charge is 0.319 e. The Bertz CT molecular complexity index is 946. The van der Waals surface area contributed by atoms with Crippen LogP contribution in [0.15, 0.2) is 42.5 Å². The Balaban J connectivity index is 1.48. The first kappa shape index (κ1) is 23.2. The molecule has 31 heavy (non-hydrogen) atoms. The van der Waals surface area contributed by atoms with Crippen LogP contribution in [0.3, 0.4) is 0 Å². The summed E-state index contributed by atoms with van der Waals surface area (Å²) >= 11 is 11.6. The number of hydrogen-bond acceptors (Lipinski definition) is 3. The van der Waals surface area contributed by atoms with Crippen molar-refractivity contribution in [3.8, 4) is 5.75 Å². The standard InChI is InChI=1S/C22H24Cl2FN3O3/c1-22(2,31-17-6-3-14(23)4-7-17)20(29)28-11-9-15(10-12-28)26-21(30)27-16-5-8-19(25)18(24)13-16/h3-8,13,15H,9-12H2,1-2H3,(H2,26,27,30). The number of carbonyl (C=O) groups excluding carboxylic acids is 2. The lowest BCUT2D eigenvalue weighted by molar-refractivity contribution is -0.146. The number of halogens is 3. The summed E-state index contributed by atoms with van der Waals surface area (Å²) in [5, 5.41) is 6.04. The number of amides is 3. The van der Waals surface area contributed by atoms with Gasteiger partial charge in [0.1, 0.15) is 11.6 Å². The van der Waals surface area contributed by atoms with Gasteiger partial charge in [0.25, 0.3) is 5.91 Å². The van der Waals surface area contributed by atoms with E-state index in [9.17, 15) is 14.0 Å². The van der Waals surface area contributed by atoms with Gasteiger partial charge in [-0.3, -0.25) is 4.79 Å². The van der Waals surface area contributed by atoms with Crippen molar-refractivity contribution in [1.29, 1.82) is 0 Å². The van der Waals surface area contributed by atoms with Crippen molar-refractivity contribution in [3.05, 3.63) is 58.3 Å². The molecule has 1 fully saturated rings. The van der Waals surface area contributed by atoms with Crippen LogP contribution in [0.5, 0.6) is 5.75 Å². The van der Waals surface area contributed by atoms with Gasteiger partial charge in [-0.2, -0.15) is 0 Å². The molecule has 0 radical (unpaired) electrons. The lowest BCUT2D eigenvalue weighted by atomic mass is 10.0. The van der Waals surface area contributed by atoms with Crippen LogP contribution < -0.4 is 15.4 Å². The van der Waals surface area contributed by atoms with E-state index < -0.39 is 17.4 Å². The van der Waals surface area contributed by atoms with Gasteiger partial charge in [-0.1, -0.05) is 23.2 Å². The summed E-state index contributed by atoms with van der Waals surface area (Å²) in [4.78, 5) is 26.9. The molecule has 0 saturated carbocycles. The molecule has 0 unspecified atom stereocenters. The fourth-order valence-electron chi connectivity index (χ4n) is 3.38. The van der Waals surface area contributed by atoms with Gasteiger partial charge >= 0.3 is 6.03 Å². The topological polar surface area (TPSA) is 70.7 Å². The molecular formula is C22H24Cl2FN3O3. The first-order valence-electron chi connectivity index (χ1n) is 9.90. The van der Waals surface area contributed by atoms with Crippen molar-refractivity contribution in [3.63, 3.8) is 0 Å². The van der Waals surface area contributed by atoms with Crippen LogP contribution in [0.4, 0.5) is 14.9 Å². The SMILES string of the molecule is CC(C)(Oc1ccc(Cl)cc1)C(=O)N1CCC(NC(=O)Nc2ccc(F)c(Cl)c2)CC1. The predicted octanol–water partition coefficient (Wildman–Crippen LogP) is 5.10. The number of anilines is 1. The number of rotatable bonds is 5. The molecule has 0 aromatic heterocycles. The maximum Gasteiger partial charge on any atom is 0.319 e. The normalized spacial score (nSPS) is 14.8. The monoisotopic (exact) mass is 467 g/mol. The third-order valence-corrected chi connectivity index (χ3v) is 5.54. The van der Waals surface area contributed by atoms with E-state index >= 15 is 0 Å². The molecule has 2 N–H and O–H groups in total. The number of nitrogens with zero attached hydrogens (tertiary/aromatic N) is 1. The number of urea groups is 1. The number of carbonyl (C=O) groups is 2. The molecule has 0 atom stereocenters. The highest BCUT2D eigenvalue weighted by molar-refractivity contribution is 6.31. The minimum absolute atomic E-state index is 0.0620. The van der Waals surface area contributed by atoms with Crippen molar-refractivity contribution >= 4 is 40.8 Å². The molecule has 0 aliphatic carbocycles. The van der Waals surface area contributed by atoms with E-state index in [2.05, 4.69) is 10.6 Å². The highest BCUT2D eigenvalue weighted by Gasteiger charge is 2.36. The van der Waals surface area contributed by atoms with Crippen LogP contribution in [-0.2, 0) is 4.79 Å². The van der Waals surface area contributed by atoms with Gasteiger partial charge in [0.2, 0.25) is 0 Å². The Hall–Kier alpha value is -2.51. The first-order chi connectivity index (χ1) is 14.6. The van der Waals surface area contributed by atoms with Gasteiger partial charge in [0.15, 0.2) is 5.60 Å². The maximum absolute atomic E-state index is 13.2. The summed E-state index contributed by atoms with van der Waals surface area (Å²) in [5.74, 6) is -0.101. The van der Waals surface area contributed by atoms with Gasteiger partial charge in [0.05, 0.1) is 5.02 Å². The van der Waals surface area contributed by atoms with Crippen molar-refractivity contribution in [1.82, 2.24) is 10.2 Å². The van der Waals surface area contributed by atoms with E-state index in [0.717, 1.165) is 0 Å². The van der Waals surface area contributed by atoms with Crippen molar-refractivity contribution in [2.24, 2.45) is 0 Å². The first-order valence-corrected chi connectivity index (χ1v) is 10.7. The molecule has 1 aliphatic rings. The molecular weight excluding hydrogens is 444 g/mol. The Kier molecular flexibility index (Phi) is 7.28. The number of ether oxygens (including phenoxy) is 1. The van der Waals surface area contributed by atoms with Crippen LogP contribution in [0.1, 0.15) is 26.7 Å². The highest BCUT2D eigenvalue weighted by Crippen LogP contribution is 2.24. The van der Waals surface area contributed by atoms with E-state index in [1.165, 1.54) is 18.2 Å². The molecule has 2 aromatic carbocycles. The summed E-state index contributed by atoms with van der Waals surface area (Å²) in [6, 6.07) is 10.3. The molecule has 6 nitrogen and oxygen atoms in total. The second-order valence-electron chi connectivity index (χ2n) is 7.86. The van der Waals surface area contributed by atoms with Gasteiger partial charge in [-0.15, -0.1) is 0 Å². The molecule has 3 amide bonds. The fourth-order valence-corrected chi connectivity index (χ4v) is 3.68. The zero-order chi connectivity index (χ0) is 22.6. The van der Waals surface area contributed by atoms with Crippen LogP contribution in [0.2, 0.25) is 10.0 Å². The molecule has 1 saturated heterocycles. The van der Waals surface area contributed by atoms with Gasteiger partial charge in [0, 0.05) is 29.8 Å². The minimum Gasteiger partial charge on any atom is -0.478 e. The summed E-state index contributed by atoms with van der Waals surface area (Å²) in [7, 11) is 0. The Morgan fingerprint density at radius 2 is 1.74 bits per heavy atom. The van der Waals surface area contributed by atoms with Gasteiger partial charge in [-0.25, -0.2) is 9.18 Å². The second-order valence-corrected chi connectivity index (χ2v) is 8.70. The lowest BCUT2D eigenvalue weighted by Crippen LogP contribution is -2.54. The fraction of sp³-hybridized carbons (Fsp3) is 0.364. The lowest BCUT2D eigenvalue weighted by Gasteiger charge is -2.37. The average molecular weight is 468 g/mol. The quantitative estimate of drug-likeness (QED) is 0.642. The van der Waals surface area contributed by atoms with Crippen LogP contribution in [0.25, 0.3) is 0 Å². The molecule has 0 bridgehead atoms. The van der Waals surface area contributed by atoms with E-state index in [1.807, 2.05) is 0 Å². The Morgan fingerprint density at radius 1 is 1.10 bits per heavy atom. The third-order valence-electron chi connectivity index (χ3n) is 5.00. The Morgan fingerprint density at radius 3 is 2.35 bits per heavy atom. The average Bonchev–Trinajstić information content (AvgIpc) is 2.72. The van der Waals surface area contributed by atoms with Crippen LogP contribution in [-0.4, -0.2) is 41.6 Å². The second kappa shape index (κ2) is 9.75. The van der Waals surface area contributed by atoms with Crippen molar-refractivity contribution in [2.75, 3.05) is 18.4 Å². The molecule has 3 rings (SSSR count). The molecule has 1 aliphatic heterocycles. The zero-order valence-corrected chi connectivity index (χ0v) is 18.8. The van der Waals surface area contributed by atoms with E-state index in [4.69, 9.17) is 27.9 Å². The molecule has 0 spiro atoms. The number of nitrogens with one attached hydrogen (secondary N) is 2. The number of benzene rings is 2. The van der Waals surface area contributed by atoms with Crippen molar-refractivity contribution in [2.45, 2.75) is 38.3 Å². The molecule has 2 aromatic rings. The number of likely N-dealkylation sites (tertiary alicyclic amines) is 1. The largest absolute Gasteiger partial charge is 0.478 e. The molecule has 9 heteroatoms. The number of piperidine rings is 1. The van der Waals surface area contributed by atoms with Crippen LogP contribution in [0, 0.1) is 5.82 Å². The third kappa shape index (κ3) is 6.24. The van der Waals surface area contributed by atoms with E-state index in [0.29, 0.717) is 42.4 Å². The van der Waals surface area contributed by atoms with E-state index in [-0.39, 0.29) is 17.0 Å². The summed E-state index contributed by atoms with van der Waals surface area (Å²) in [5.41, 5.74) is -0.634. The van der Waals surface area contributed by atoms with Gasteiger partial charge < -0.3 is 20.3 Å². The molecule has 166 valence electrons. The van der Waals surface area contributed by atoms with Crippen LogP contribution >= 0.6 is 23.2 Å². The minimum atomic E-state index is -1.03. The van der Waals surface area contributed by atoms with E-state index in [1.54, 1.807) is 43.0 Å². The zero-order valence-electron chi connectivity index (χ0n) is 17.3.